The first-order valence-electron chi connectivity index (χ1n) is 6.90. The summed E-state index contributed by atoms with van der Waals surface area (Å²) < 4.78 is 0. The Balaban J connectivity index is 2.40. The van der Waals surface area contributed by atoms with E-state index >= 15 is 0 Å². The van der Waals surface area contributed by atoms with Crippen LogP contribution in [-0.2, 0) is 10.2 Å². The van der Waals surface area contributed by atoms with Gasteiger partial charge in [0, 0.05) is 17.6 Å². The van der Waals surface area contributed by atoms with Gasteiger partial charge in [-0.3, -0.25) is 4.79 Å². The van der Waals surface area contributed by atoms with Crippen LogP contribution in [-0.4, -0.2) is 22.6 Å². The maximum absolute atomic E-state index is 11.3. The second-order valence-electron chi connectivity index (χ2n) is 5.48. The summed E-state index contributed by atoms with van der Waals surface area (Å²) in [5.74, 6) is -0.863. The van der Waals surface area contributed by atoms with Gasteiger partial charge < -0.3 is 10.0 Å². The number of aromatic nitrogens is 1. The molecule has 112 valence electrons. The molecule has 0 amide bonds. The molecule has 0 aliphatic carbocycles. The quantitative estimate of drug-likeness (QED) is 0.908. The zero-order valence-electron chi connectivity index (χ0n) is 12.8. The molecule has 0 aliphatic rings. The van der Waals surface area contributed by atoms with Gasteiger partial charge in [0.25, 0.3) is 0 Å². The fourth-order valence-electron chi connectivity index (χ4n) is 2.06. The second kappa shape index (κ2) is 5.85. The highest BCUT2D eigenvalue weighted by Gasteiger charge is 2.32. The molecule has 0 fully saturated rings. The van der Waals surface area contributed by atoms with Gasteiger partial charge in [0.15, 0.2) is 5.13 Å². The molecule has 0 unspecified atom stereocenters. The molecular formula is C16H20N2O2S. The number of carbonyl (C=O) groups is 1. The molecule has 2 rings (SSSR count). The summed E-state index contributed by atoms with van der Waals surface area (Å²) in [6.45, 7) is 8.27. The Morgan fingerprint density at radius 2 is 2.05 bits per heavy atom. The van der Waals surface area contributed by atoms with Crippen LogP contribution in [0, 0.1) is 6.92 Å². The van der Waals surface area contributed by atoms with Crippen LogP contribution >= 0.6 is 11.3 Å². The molecule has 0 aliphatic heterocycles. The van der Waals surface area contributed by atoms with Crippen molar-refractivity contribution in [1.29, 1.82) is 0 Å². The van der Waals surface area contributed by atoms with Crippen molar-refractivity contribution in [3.63, 3.8) is 0 Å². The van der Waals surface area contributed by atoms with E-state index in [2.05, 4.69) is 35.9 Å². The Kier molecular flexibility index (Phi) is 4.32. The Labute approximate surface area is 129 Å². The maximum Gasteiger partial charge on any atom is 0.315 e. The normalized spacial score (nSPS) is 11.4. The standard InChI is InChI=1S/C16H20N2O2S/c1-5-18(12-9-7-6-8-11(12)2)15-17-13(10-21-15)16(3,4)14(19)20/h6-10H,5H2,1-4H3,(H,19,20). The van der Waals surface area contributed by atoms with Crippen molar-refractivity contribution < 1.29 is 9.90 Å². The third-order valence-corrected chi connectivity index (χ3v) is 4.48. The number of benzene rings is 1. The number of carboxylic acids is 1. The molecule has 0 radical (unpaired) electrons. The van der Waals surface area contributed by atoms with Gasteiger partial charge in [-0.15, -0.1) is 11.3 Å². The fourth-order valence-corrected chi connectivity index (χ4v) is 3.13. The molecule has 21 heavy (non-hydrogen) atoms. The number of carboxylic acid groups (broad SMARTS) is 1. The lowest BCUT2D eigenvalue weighted by atomic mass is 9.90. The molecule has 5 heteroatoms. The topological polar surface area (TPSA) is 53.4 Å². The minimum absolute atomic E-state index is 0.599. The van der Waals surface area contributed by atoms with E-state index in [0.717, 1.165) is 17.4 Å². The number of para-hydroxylation sites is 1. The largest absolute Gasteiger partial charge is 0.481 e. The van der Waals surface area contributed by atoms with Crippen molar-refractivity contribution in [3.8, 4) is 0 Å². The minimum Gasteiger partial charge on any atom is -0.481 e. The highest BCUT2D eigenvalue weighted by atomic mass is 32.1. The number of aryl methyl sites for hydroxylation is 1. The van der Waals surface area contributed by atoms with E-state index in [1.807, 2.05) is 17.5 Å². The van der Waals surface area contributed by atoms with Gasteiger partial charge in [0.1, 0.15) is 5.41 Å². The lowest BCUT2D eigenvalue weighted by Gasteiger charge is -2.22. The molecule has 0 saturated heterocycles. The Bertz CT molecular complexity index is 649. The van der Waals surface area contributed by atoms with Crippen molar-refractivity contribution in [1.82, 2.24) is 4.98 Å². The van der Waals surface area contributed by atoms with Crippen LogP contribution in [0.1, 0.15) is 32.0 Å². The molecule has 2 aromatic rings. The van der Waals surface area contributed by atoms with Crippen LogP contribution in [0.25, 0.3) is 0 Å². The van der Waals surface area contributed by atoms with E-state index < -0.39 is 11.4 Å². The van der Waals surface area contributed by atoms with E-state index in [0.29, 0.717) is 5.69 Å². The average molecular weight is 304 g/mol. The second-order valence-corrected chi connectivity index (χ2v) is 6.31. The SMILES string of the molecule is CCN(c1nc(C(C)(C)C(=O)O)cs1)c1ccccc1C. The zero-order valence-corrected chi connectivity index (χ0v) is 13.6. The van der Waals surface area contributed by atoms with Gasteiger partial charge in [0.05, 0.1) is 5.69 Å². The van der Waals surface area contributed by atoms with E-state index in [-0.39, 0.29) is 0 Å². The molecule has 0 saturated carbocycles. The van der Waals surface area contributed by atoms with Crippen LogP contribution in [0.2, 0.25) is 0 Å². The summed E-state index contributed by atoms with van der Waals surface area (Å²) in [6, 6.07) is 8.13. The lowest BCUT2D eigenvalue weighted by molar-refractivity contribution is -0.142. The molecule has 1 N–H and O–H groups in total. The number of thiazole rings is 1. The zero-order chi connectivity index (χ0) is 15.6. The van der Waals surface area contributed by atoms with Crippen molar-refractivity contribution in [2.45, 2.75) is 33.1 Å². The summed E-state index contributed by atoms with van der Waals surface area (Å²) in [7, 11) is 0. The summed E-state index contributed by atoms with van der Waals surface area (Å²) in [4.78, 5) is 18.0. The fraction of sp³-hybridized carbons (Fsp3) is 0.375. The number of aliphatic carboxylic acids is 1. The molecule has 0 spiro atoms. The highest BCUT2D eigenvalue weighted by molar-refractivity contribution is 7.13. The number of hydrogen-bond acceptors (Lipinski definition) is 4. The minimum atomic E-state index is -0.972. The van der Waals surface area contributed by atoms with Crippen LogP contribution in [0.4, 0.5) is 10.8 Å². The molecule has 1 heterocycles. The molecule has 0 bridgehead atoms. The van der Waals surface area contributed by atoms with E-state index in [4.69, 9.17) is 0 Å². The van der Waals surface area contributed by atoms with Crippen molar-refractivity contribution >= 4 is 28.1 Å². The summed E-state index contributed by atoms with van der Waals surface area (Å²) in [5.41, 5.74) is 1.91. The van der Waals surface area contributed by atoms with E-state index in [1.165, 1.54) is 16.9 Å². The first-order chi connectivity index (χ1) is 9.87. The third kappa shape index (κ3) is 2.93. The van der Waals surface area contributed by atoms with Gasteiger partial charge in [-0.05, 0) is 39.3 Å². The van der Waals surface area contributed by atoms with Crippen molar-refractivity contribution in [3.05, 3.63) is 40.9 Å². The summed E-state index contributed by atoms with van der Waals surface area (Å²) >= 11 is 1.48. The molecule has 1 aromatic carbocycles. The van der Waals surface area contributed by atoms with Gasteiger partial charge in [-0.25, -0.2) is 4.98 Å². The van der Waals surface area contributed by atoms with Crippen molar-refractivity contribution in [2.24, 2.45) is 0 Å². The number of anilines is 2. The van der Waals surface area contributed by atoms with Crippen LogP contribution in [0.5, 0.6) is 0 Å². The molecule has 0 atom stereocenters. The monoisotopic (exact) mass is 304 g/mol. The van der Waals surface area contributed by atoms with Gasteiger partial charge >= 0.3 is 5.97 Å². The van der Waals surface area contributed by atoms with E-state index in [9.17, 15) is 9.90 Å². The highest BCUT2D eigenvalue weighted by Crippen LogP contribution is 2.34. The smallest absolute Gasteiger partial charge is 0.315 e. The van der Waals surface area contributed by atoms with Crippen LogP contribution in [0.3, 0.4) is 0 Å². The number of hydrogen-bond donors (Lipinski definition) is 1. The first kappa shape index (κ1) is 15.5. The Morgan fingerprint density at radius 3 is 2.62 bits per heavy atom. The predicted molar refractivity (Wildman–Crippen MR) is 86.6 cm³/mol. The summed E-state index contributed by atoms with van der Waals surface area (Å²) in [6.07, 6.45) is 0. The number of nitrogens with zero attached hydrogens (tertiary/aromatic N) is 2. The third-order valence-electron chi connectivity index (χ3n) is 3.62. The Morgan fingerprint density at radius 1 is 1.38 bits per heavy atom. The molecular weight excluding hydrogens is 284 g/mol. The van der Waals surface area contributed by atoms with E-state index in [1.54, 1.807) is 13.8 Å². The molecule has 1 aromatic heterocycles. The summed E-state index contributed by atoms with van der Waals surface area (Å²) in [5, 5.41) is 12.0. The van der Waals surface area contributed by atoms with Gasteiger partial charge in [-0.1, -0.05) is 18.2 Å². The van der Waals surface area contributed by atoms with Gasteiger partial charge in [0.2, 0.25) is 0 Å². The van der Waals surface area contributed by atoms with Crippen LogP contribution in [0.15, 0.2) is 29.6 Å². The lowest BCUT2D eigenvalue weighted by Crippen LogP contribution is -2.29. The Hall–Kier alpha value is -1.88. The number of rotatable bonds is 5. The van der Waals surface area contributed by atoms with Gasteiger partial charge in [-0.2, -0.15) is 0 Å². The molecule has 4 nitrogen and oxygen atoms in total. The van der Waals surface area contributed by atoms with Crippen LogP contribution < -0.4 is 4.90 Å². The predicted octanol–water partition coefficient (Wildman–Crippen LogP) is 3.97. The van der Waals surface area contributed by atoms with Crippen molar-refractivity contribution in [2.75, 3.05) is 11.4 Å². The maximum atomic E-state index is 11.3. The first-order valence-corrected chi connectivity index (χ1v) is 7.78. The average Bonchev–Trinajstić information content (AvgIpc) is 2.92.